The lowest BCUT2D eigenvalue weighted by Gasteiger charge is -2.19. The van der Waals surface area contributed by atoms with Gasteiger partial charge in [0, 0.05) is 18.2 Å². The van der Waals surface area contributed by atoms with Crippen LogP contribution in [0.1, 0.15) is 11.1 Å². The molecule has 0 radical (unpaired) electrons. The summed E-state index contributed by atoms with van der Waals surface area (Å²) >= 11 is 0. The molecule has 7 nitrogen and oxygen atoms in total. The smallest absolute Gasteiger partial charge is 0.278 e. The number of fused-ring (bicyclic) bond motifs is 2. The summed E-state index contributed by atoms with van der Waals surface area (Å²) in [5.41, 5.74) is 2.54. The van der Waals surface area contributed by atoms with E-state index in [0.717, 1.165) is 5.56 Å². The normalized spacial score (nSPS) is 11.8. The molecule has 0 unspecified atom stereocenters. The van der Waals surface area contributed by atoms with Crippen LogP contribution < -0.4 is 20.3 Å². The van der Waals surface area contributed by atoms with Crippen LogP contribution in [0, 0.1) is 0 Å². The number of ether oxygens (including phenoxy) is 2. The molecule has 7 heteroatoms. The van der Waals surface area contributed by atoms with Crippen molar-refractivity contribution in [3.8, 4) is 23.1 Å². The Balaban J connectivity index is 1.55. The number of hydrogen-bond donors (Lipinski definition) is 1. The Morgan fingerprint density at radius 1 is 1.03 bits per heavy atom. The standard InChI is InChI=1S/C25H21N3O4/c1-31-20-12-7-9-18(15-20)26-23(29)16-27-25-21(14-17-8-5-6-13-22(17)32-25)24(30)28(27)19-10-3-2-4-11-19/h2-13,15H,14,16H2,1H3,(H,26,29). The first-order chi connectivity index (χ1) is 15.6. The molecule has 1 aromatic heterocycles. The molecule has 1 amide bonds. The Morgan fingerprint density at radius 3 is 2.62 bits per heavy atom. The number of rotatable bonds is 5. The number of nitrogens with one attached hydrogen (secondary N) is 1. The summed E-state index contributed by atoms with van der Waals surface area (Å²) < 4.78 is 14.4. The molecule has 1 N–H and O–H groups in total. The molecule has 160 valence electrons. The first-order valence-corrected chi connectivity index (χ1v) is 10.2. The fourth-order valence-corrected chi connectivity index (χ4v) is 3.89. The average Bonchev–Trinajstić information content (AvgIpc) is 3.08. The van der Waals surface area contributed by atoms with Crippen molar-refractivity contribution in [3.63, 3.8) is 0 Å². The van der Waals surface area contributed by atoms with E-state index in [1.165, 1.54) is 4.68 Å². The Kier molecular flexibility index (Phi) is 4.99. The Labute approximate surface area is 184 Å². The molecular formula is C25H21N3O4. The number of nitrogens with zero attached hydrogens (tertiary/aromatic N) is 2. The van der Waals surface area contributed by atoms with Crippen LogP contribution in [-0.2, 0) is 17.8 Å². The minimum absolute atomic E-state index is 0.0984. The number of benzene rings is 3. The minimum atomic E-state index is -0.289. The molecule has 0 saturated carbocycles. The lowest BCUT2D eigenvalue weighted by atomic mass is 10.0. The number of anilines is 1. The van der Waals surface area contributed by atoms with E-state index < -0.39 is 0 Å². The van der Waals surface area contributed by atoms with E-state index >= 15 is 0 Å². The van der Waals surface area contributed by atoms with E-state index in [9.17, 15) is 9.59 Å². The molecule has 0 bridgehead atoms. The highest BCUT2D eigenvalue weighted by atomic mass is 16.5. The maximum atomic E-state index is 13.4. The van der Waals surface area contributed by atoms with Gasteiger partial charge in [-0.2, -0.15) is 0 Å². The molecule has 5 rings (SSSR count). The van der Waals surface area contributed by atoms with Crippen LogP contribution in [-0.4, -0.2) is 22.4 Å². The highest BCUT2D eigenvalue weighted by Gasteiger charge is 2.29. The molecule has 32 heavy (non-hydrogen) atoms. The summed E-state index contributed by atoms with van der Waals surface area (Å²) in [5.74, 6) is 1.43. The van der Waals surface area contributed by atoms with Crippen LogP contribution in [0.2, 0.25) is 0 Å². The lowest BCUT2D eigenvalue weighted by Crippen LogP contribution is -2.27. The molecule has 0 fully saturated rings. The molecule has 1 aliphatic heterocycles. The zero-order valence-corrected chi connectivity index (χ0v) is 17.4. The van der Waals surface area contributed by atoms with Crippen molar-refractivity contribution in [1.29, 1.82) is 0 Å². The van der Waals surface area contributed by atoms with Gasteiger partial charge in [-0.15, -0.1) is 0 Å². The summed E-state index contributed by atoms with van der Waals surface area (Å²) in [4.78, 5) is 26.3. The fourth-order valence-electron chi connectivity index (χ4n) is 3.89. The second-order valence-corrected chi connectivity index (χ2v) is 7.46. The summed E-state index contributed by atoms with van der Waals surface area (Å²) in [7, 11) is 1.57. The number of hydrogen-bond acceptors (Lipinski definition) is 4. The highest BCUT2D eigenvalue weighted by Crippen LogP contribution is 2.35. The van der Waals surface area contributed by atoms with Gasteiger partial charge in [-0.25, -0.2) is 9.36 Å². The fraction of sp³-hybridized carbons (Fsp3) is 0.120. The largest absolute Gasteiger partial charge is 0.497 e. The zero-order valence-electron chi connectivity index (χ0n) is 17.4. The van der Waals surface area contributed by atoms with Gasteiger partial charge in [-0.3, -0.25) is 9.59 Å². The van der Waals surface area contributed by atoms with Crippen molar-refractivity contribution in [1.82, 2.24) is 9.36 Å². The molecule has 0 aliphatic carbocycles. The van der Waals surface area contributed by atoms with E-state index in [2.05, 4.69) is 5.32 Å². The first kappa shape index (κ1) is 19.7. The van der Waals surface area contributed by atoms with Crippen LogP contribution in [0.3, 0.4) is 0 Å². The van der Waals surface area contributed by atoms with Crippen molar-refractivity contribution in [2.75, 3.05) is 12.4 Å². The predicted octanol–water partition coefficient (Wildman–Crippen LogP) is 3.98. The van der Waals surface area contributed by atoms with Crippen molar-refractivity contribution >= 4 is 11.6 Å². The van der Waals surface area contributed by atoms with Crippen LogP contribution in [0.15, 0.2) is 83.7 Å². The van der Waals surface area contributed by atoms with Crippen LogP contribution in [0.4, 0.5) is 5.69 Å². The number of methoxy groups -OCH3 is 1. The highest BCUT2D eigenvalue weighted by molar-refractivity contribution is 5.90. The zero-order chi connectivity index (χ0) is 22.1. The number of carbonyl (C=O) groups is 1. The van der Waals surface area contributed by atoms with Crippen molar-refractivity contribution in [2.45, 2.75) is 13.0 Å². The maximum Gasteiger partial charge on any atom is 0.278 e. The molecule has 2 heterocycles. The predicted molar refractivity (Wildman–Crippen MR) is 121 cm³/mol. The van der Waals surface area contributed by atoms with Crippen molar-refractivity contribution in [2.24, 2.45) is 0 Å². The van der Waals surface area contributed by atoms with E-state index in [1.54, 1.807) is 36.1 Å². The Hall–Kier alpha value is -4.26. The summed E-state index contributed by atoms with van der Waals surface area (Å²) in [6.45, 7) is -0.0984. The SMILES string of the molecule is COc1cccc(NC(=O)Cn2c3c(c(=O)n2-c2ccccc2)Cc2ccccc2O3)c1. The Bertz CT molecular complexity index is 1360. The van der Waals surface area contributed by atoms with E-state index in [0.29, 0.717) is 40.7 Å². The van der Waals surface area contributed by atoms with E-state index in [-0.39, 0.29) is 18.0 Å². The van der Waals surface area contributed by atoms with Crippen LogP contribution >= 0.6 is 0 Å². The Morgan fingerprint density at radius 2 is 1.81 bits per heavy atom. The van der Waals surface area contributed by atoms with Gasteiger partial charge in [-0.05, 0) is 35.9 Å². The molecule has 3 aromatic carbocycles. The molecule has 0 saturated heterocycles. The number of aromatic nitrogens is 2. The van der Waals surface area contributed by atoms with Crippen molar-refractivity contribution in [3.05, 3.63) is 100 Å². The maximum absolute atomic E-state index is 13.4. The third-order valence-electron chi connectivity index (χ3n) is 5.38. The summed E-state index contributed by atoms with van der Waals surface area (Å²) in [6.07, 6.45) is 0.446. The molecule has 0 atom stereocenters. The topological polar surface area (TPSA) is 74.5 Å². The number of para-hydroxylation sites is 2. The minimum Gasteiger partial charge on any atom is -0.497 e. The summed E-state index contributed by atoms with van der Waals surface area (Å²) in [6, 6.07) is 24.0. The van der Waals surface area contributed by atoms with Gasteiger partial charge in [0.05, 0.1) is 18.4 Å². The number of amides is 1. The first-order valence-electron chi connectivity index (χ1n) is 10.2. The van der Waals surface area contributed by atoms with Gasteiger partial charge in [0.2, 0.25) is 11.8 Å². The molecule has 0 spiro atoms. The third-order valence-corrected chi connectivity index (χ3v) is 5.38. The van der Waals surface area contributed by atoms with Crippen molar-refractivity contribution < 1.29 is 14.3 Å². The summed E-state index contributed by atoms with van der Waals surface area (Å²) in [5, 5.41) is 2.87. The average molecular weight is 427 g/mol. The second-order valence-electron chi connectivity index (χ2n) is 7.46. The lowest BCUT2D eigenvalue weighted by molar-refractivity contribution is -0.117. The molecule has 1 aliphatic rings. The van der Waals surface area contributed by atoms with E-state index in [1.807, 2.05) is 54.6 Å². The molecule has 4 aromatic rings. The van der Waals surface area contributed by atoms with Gasteiger partial charge in [0.25, 0.3) is 5.56 Å². The van der Waals surface area contributed by atoms with Gasteiger partial charge < -0.3 is 14.8 Å². The third kappa shape index (κ3) is 3.54. The number of carbonyl (C=O) groups excluding carboxylic acids is 1. The van der Waals surface area contributed by atoms with Gasteiger partial charge >= 0.3 is 0 Å². The molecular weight excluding hydrogens is 406 g/mol. The quantitative estimate of drug-likeness (QED) is 0.460. The monoisotopic (exact) mass is 427 g/mol. The van der Waals surface area contributed by atoms with Crippen LogP contribution in [0.5, 0.6) is 17.4 Å². The second kappa shape index (κ2) is 8.11. The van der Waals surface area contributed by atoms with Gasteiger partial charge in [0.1, 0.15) is 18.0 Å². The van der Waals surface area contributed by atoms with E-state index in [4.69, 9.17) is 9.47 Å². The van der Waals surface area contributed by atoms with Gasteiger partial charge in [0.15, 0.2) is 0 Å². The van der Waals surface area contributed by atoms with Gasteiger partial charge in [-0.1, -0.05) is 42.5 Å². The van der Waals surface area contributed by atoms with Crippen LogP contribution in [0.25, 0.3) is 5.69 Å².